The maximum absolute atomic E-state index is 12.3. The van der Waals surface area contributed by atoms with Gasteiger partial charge in [-0.15, -0.1) is 0 Å². The largest absolute Gasteiger partial charge is 0.426 e. The van der Waals surface area contributed by atoms with E-state index in [2.05, 4.69) is 46.8 Å². The summed E-state index contributed by atoms with van der Waals surface area (Å²) in [6, 6.07) is 8.24. The minimum Gasteiger partial charge on any atom is -0.426 e. The van der Waals surface area contributed by atoms with Gasteiger partial charge >= 0.3 is 5.97 Å². The van der Waals surface area contributed by atoms with Crippen LogP contribution in [0.25, 0.3) is 0 Å². The van der Waals surface area contributed by atoms with Gasteiger partial charge in [0.25, 0.3) is 0 Å². The van der Waals surface area contributed by atoms with E-state index in [1.165, 1.54) is 24.8 Å². The molecule has 2 aliphatic carbocycles. The lowest BCUT2D eigenvalue weighted by atomic mass is 9.53. The highest BCUT2D eigenvalue weighted by Gasteiger charge is 2.51. The highest BCUT2D eigenvalue weighted by Crippen LogP contribution is 2.54. The van der Waals surface area contributed by atoms with E-state index in [-0.39, 0.29) is 17.3 Å². The second-order valence-corrected chi connectivity index (χ2v) is 9.38. The third-order valence-electron chi connectivity index (χ3n) is 6.11. The fraction of sp³-hybridized carbons (Fsp3) is 0.682. The molecule has 4 unspecified atom stereocenters. The van der Waals surface area contributed by atoms with Gasteiger partial charge in [-0.1, -0.05) is 46.8 Å². The fourth-order valence-corrected chi connectivity index (χ4v) is 4.41. The topological polar surface area (TPSA) is 26.3 Å². The monoisotopic (exact) mass is 328 g/mol. The highest BCUT2D eigenvalue weighted by atomic mass is 16.5. The van der Waals surface area contributed by atoms with Crippen molar-refractivity contribution in [3.63, 3.8) is 0 Å². The van der Waals surface area contributed by atoms with Crippen molar-refractivity contribution in [2.45, 2.75) is 66.2 Å². The Balaban J connectivity index is 1.64. The Labute approximate surface area is 147 Å². The number of carbonyl (C=O) groups excluding carboxylic acids is 1. The Kier molecular flexibility index (Phi) is 4.77. The molecule has 0 spiro atoms. The summed E-state index contributed by atoms with van der Waals surface area (Å²) < 4.78 is 5.63. The van der Waals surface area contributed by atoms with Crippen LogP contribution in [0.15, 0.2) is 24.3 Å². The number of ether oxygens (including phenoxy) is 1. The molecule has 2 nitrogen and oxygen atoms in total. The van der Waals surface area contributed by atoms with Crippen LogP contribution in [0.1, 0.15) is 71.8 Å². The number of carbonyl (C=O) groups is 1. The Morgan fingerprint density at radius 2 is 1.83 bits per heavy atom. The summed E-state index contributed by atoms with van der Waals surface area (Å²) >= 11 is 0. The summed E-state index contributed by atoms with van der Waals surface area (Å²) in [7, 11) is 0. The Bertz CT molecular complexity index is 579. The summed E-state index contributed by atoms with van der Waals surface area (Å²) in [5.41, 5.74) is 1.58. The van der Waals surface area contributed by atoms with Crippen LogP contribution in [0.2, 0.25) is 0 Å². The van der Waals surface area contributed by atoms with Crippen molar-refractivity contribution in [1.82, 2.24) is 0 Å². The van der Waals surface area contributed by atoms with E-state index >= 15 is 0 Å². The van der Waals surface area contributed by atoms with Crippen molar-refractivity contribution in [3.05, 3.63) is 29.8 Å². The molecule has 0 radical (unpaired) electrons. The lowest BCUT2D eigenvalue weighted by molar-refractivity contribution is -0.154. The van der Waals surface area contributed by atoms with Gasteiger partial charge in [0.05, 0.1) is 5.92 Å². The zero-order valence-corrected chi connectivity index (χ0v) is 15.8. The molecule has 4 atom stereocenters. The average molecular weight is 328 g/mol. The molecule has 1 aromatic rings. The van der Waals surface area contributed by atoms with Crippen molar-refractivity contribution in [2.75, 3.05) is 0 Å². The zero-order valence-electron chi connectivity index (χ0n) is 15.8. The van der Waals surface area contributed by atoms with Crippen LogP contribution in [0.5, 0.6) is 5.75 Å². The van der Waals surface area contributed by atoms with Gasteiger partial charge in [-0.3, -0.25) is 4.79 Å². The maximum atomic E-state index is 12.3. The van der Waals surface area contributed by atoms with Crippen molar-refractivity contribution >= 4 is 5.97 Å². The van der Waals surface area contributed by atoms with Crippen molar-refractivity contribution in [2.24, 2.45) is 29.1 Å². The number of hydrogen-bond acceptors (Lipinski definition) is 2. The van der Waals surface area contributed by atoms with E-state index in [1.807, 2.05) is 12.1 Å². The Morgan fingerprint density at radius 1 is 1.17 bits per heavy atom. The second-order valence-electron chi connectivity index (χ2n) is 9.38. The summed E-state index contributed by atoms with van der Waals surface area (Å²) in [4.78, 5) is 12.3. The van der Waals surface area contributed by atoms with Gasteiger partial charge in [0, 0.05) is 0 Å². The molecule has 0 amide bonds. The third-order valence-corrected chi connectivity index (χ3v) is 6.11. The molecule has 2 fully saturated rings. The van der Waals surface area contributed by atoms with Crippen molar-refractivity contribution < 1.29 is 9.53 Å². The van der Waals surface area contributed by atoms with Crippen LogP contribution in [-0.4, -0.2) is 5.97 Å². The summed E-state index contributed by atoms with van der Waals surface area (Å²) in [6.07, 6.45) is 4.74. The molecule has 24 heavy (non-hydrogen) atoms. The summed E-state index contributed by atoms with van der Waals surface area (Å²) in [5.74, 6) is 3.46. The Hall–Kier alpha value is -1.31. The summed E-state index contributed by atoms with van der Waals surface area (Å²) in [5, 5.41) is 0. The van der Waals surface area contributed by atoms with Crippen LogP contribution >= 0.6 is 0 Å². The van der Waals surface area contributed by atoms with E-state index < -0.39 is 0 Å². The predicted octanol–water partition coefficient (Wildman–Crippen LogP) is 5.81. The second kappa shape index (κ2) is 6.54. The molecule has 3 rings (SSSR count). The molecule has 0 aliphatic heterocycles. The van der Waals surface area contributed by atoms with Crippen molar-refractivity contribution in [1.29, 1.82) is 0 Å². The fourth-order valence-electron chi connectivity index (χ4n) is 4.41. The number of benzene rings is 1. The van der Waals surface area contributed by atoms with Gasteiger partial charge in [0.15, 0.2) is 0 Å². The average Bonchev–Trinajstić information content (AvgIpc) is 2.47. The van der Waals surface area contributed by atoms with Crippen LogP contribution in [0.3, 0.4) is 0 Å². The molecule has 0 saturated heterocycles. The smallest absolute Gasteiger partial charge is 0.314 e. The minimum absolute atomic E-state index is 0.0155. The highest BCUT2D eigenvalue weighted by molar-refractivity contribution is 5.76. The first-order valence-electron chi connectivity index (χ1n) is 9.57. The Morgan fingerprint density at radius 3 is 2.25 bits per heavy atom. The van der Waals surface area contributed by atoms with E-state index in [0.29, 0.717) is 23.5 Å². The predicted molar refractivity (Wildman–Crippen MR) is 98.0 cm³/mol. The lowest BCUT2D eigenvalue weighted by Crippen LogP contribution is -2.49. The van der Waals surface area contributed by atoms with Crippen LogP contribution in [0.4, 0.5) is 0 Å². The number of hydrogen-bond donors (Lipinski definition) is 0. The first kappa shape index (κ1) is 17.5. The SMILES string of the molecule is CC(C)CC(c1ccc(OC(=O)C2CC3CCC32)cc1)C(C)(C)C. The van der Waals surface area contributed by atoms with Gasteiger partial charge in [-0.05, 0) is 72.5 Å². The number of rotatable bonds is 5. The van der Waals surface area contributed by atoms with Crippen LogP contribution in [0, 0.1) is 29.1 Å². The lowest BCUT2D eigenvalue weighted by Gasteiger charge is -2.51. The van der Waals surface area contributed by atoms with Gasteiger partial charge in [0.1, 0.15) is 5.75 Å². The molecule has 2 saturated carbocycles. The molecule has 0 aromatic heterocycles. The van der Waals surface area contributed by atoms with E-state index in [9.17, 15) is 4.79 Å². The molecular formula is C22H32O2. The molecule has 0 heterocycles. The first-order valence-corrected chi connectivity index (χ1v) is 9.57. The molecular weight excluding hydrogens is 296 g/mol. The maximum Gasteiger partial charge on any atom is 0.314 e. The quantitative estimate of drug-likeness (QED) is 0.503. The first-order chi connectivity index (χ1) is 11.3. The molecule has 0 N–H and O–H groups in total. The van der Waals surface area contributed by atoms with E-state index in [1.54, 1.807) is 0 Å². The van der Waals surface area contributed by atoms with Crippen LogP contribution in [-0.2, 0) is 4.79 Å². The molecule has 0 bridgehead atoms. The third kappa shape index (κ3) is 3.53. The minimum atomic E-state index is -0.0155. The van der Waals surface area contributed by atoms with Gasteiger partial charge in [-0.2, -0.15) is 0 Å². The number of fused-ring (bicyclic) bond motifs is 1. The van der Waals surface area contributed by atoms with E-state index in [4.69, 9.17) is 4.74 Å². The van der Waals surface area contributed by atoms with Gasteiger partial charge in [0.2, 0.25) is 0 Å². The standard InChI is InChI=1S/C22H32O2/c1-14(2)12-20(22(3,4)5)15-6-9-17(10-7-15)24-21(23)19-13-16-8-11-18(16)19/h6-7,9-10,14,16,18-20H,8,11-13H2,1-5H3. The van der Waals surface area contributed by atoms with Gasteiger partial charge < -0.3 is 4.74 Å². The molecule has 2 heteroatoms. The van der Waals surface area contributed by atoms with Gasteiger partial charge in [-0.25, -0.2) is 0 Å². The van der Waals surface area contributed by atoms with E-state index in [0.717, 1.165) is 12.3 Å². The van der Waals surface area contributed by atoms with Crippen molar-refractivity contribution in [3.8, 4) is 5.75 Å². The summed E-state index contributed by atoms with van der Waals surface area (Å²) in [6.45, 7) is 11.5. The zero-order chi connectivity index (χ0) is 17.5. The van der Waals surface area contributed by atoms with Crippen LogP contribution < -0.4 is 4.74 Å². The normalized spacial score (nSPS) is 27.0. The molecule has 1 aromatic carbocycles. The number of esters is 1. The molecule has 2 aliphatic rings. The molecule has 132 valence electrons.